The van der Waals surface area contributed by atoms with Crippen molar-refractivity contribution in [3.63, 3.8) is 0 Å². The first-order valence-electron chi connectivity index (χ1n) is 9.66. The number of carbonyl (C=O) groups excluding carboxylic acids is 1. The Hall–Kier alpha value is -2.21. The molecule has 148 valence electrons. The first-order chi connectivity index (χ1) is 13.5. The standard InChI is InChI=1S/C23H27NO3S/c1-4-24(5-2)13-14-27-22(25)23(26,18-10-8-9-17(3)15-18)20-16-28-21-12-7-6-11-19(20)21/h6-12,15-16,26H,4-5,13-14H2,1-3H3/t23-/m1/s1. The van der Waals surface area contributed by atoms with Crippen molar-refractivity contribution in [3.8, 4) is 0 Å². The van der Waals surface area contributed by atoms with E-state index in [1.54, 1.807) is 6.07 Å². The summed E-state index contributed by atoms with van der Waals surface area (Å²) >= 11 is 1.52. The van der Waals surface area contributed by atoms with Crippen molar-refractivity contribution in [2.45, 2.75) is 26.4 Å². The Kier molecular flexibility index (Phi) is 6.50. The van der Waals surface area contributed by atoms with E-state index in [0.717, 1.165) is 28.7 Å². The van der Waals surface area contributed by atoms with Crippen LogP contribution in [-0.2, 0) is 15.1 Å². The molecular formula is C23H27NO3S. The fourth-order valence-electron chi connectivity index (χ4n) is 3.42. The molecular weight excluding hydrogens is 370 g/mol. The molecule has 3 rings (SSSR count). The lowest BCUT2D eigenvalue weighted by atomic mass is 9.85. The van der Waals surface area contributed by atoms with E-state index in [2.05, 4.69) is 18.7 Å². The molecule has 0 aliphatic carbocycles. The number of nitrogens with zero attached hydrogens (tertiary/aromatic N) is 1. The fraction of sp³-hybridized carbons (Fsp3) is 0.348. The summed E-state index contributed by atoms with van der Waals surface area (Å²) in [5, 5.41) is 14.5. The van der Waals surface area contributed by atoms with Gasteiger partial charge in [-0.25, -0.2) is 4.79 Å². The number of thiophene rings is 1. The van der Waals surface area contributed by atoms with Crippen molar-refractivity contribution in [1.29, 1.82) is 0 Å². The van der Waals surface area contributed by atoms with Gasteiger partial charge in [0, 0.05) is 16.8 Å². The van der Waals surface area contributed by atoms with Crippen LogP contribution in [0, 0.1) is 6.92 Å². The monoisotopic (exact) mass is 397 g/mol. The Morgan fingerprint density at radius 1 is 1.14 bits per heavy atom. The number of ether oxygens (including phenoxy) is 1. The van der Waals surface area contributed by atoms with Crippen LogP contribution in [0.5, 0.6) is 0 Å². The smallest absolute Gasteiger partial charge is 0.347 e. The number of likely N-dealkylation sites (N-methyl/N-ethyl adjacent to an activating group) is 1. The largest absolute Gasteiger partial charge is 0.462 e. The summed E-state index contributed by atoms with van der Waals surface area (Å²) in [5.74, 6) is -0.631. The number of esters is 1. The van der Waals surface area contributed by atoms with Gasteiger partial charge >= 0.3 is 5.97 Å². The van der Waals surface area contributed by atoms with Crippen molar-refractivity contribution in [2.75, 3.05) is 26.2 Å². The summed E-state index contributed by atoms with van der Waals surface area (Å²) in [6, 6.07) is 15.2. The summed E-state index contributed by atoms with van der Waals surface area (Å²) < 4.78 is 6.61. The third-order valence-electron chi connectivity index (χ3n) is 5.14. The maximum Gasteiger partial charge on any atom is 0.347 e. The van der Waals surface area contributed by atoms with Gasteiger partial charge in [0.15, 0.2) is 0 Å². The molecule has 0 bridgehead atoms. The highest BCUT2D eigenvalue weighted by molar-refractivity contribution is 7.17. The number of rotatable bonds is 8. The molecule has 1 heterocycles. The second kappa shape index (κ2) is 8.86. The third-order valence-corrected chi connectivity index (χ3v) is 6.10. The summed E-state index contributed by atoms with van der Waals surface area (Å²) in [6.45, 7) is 8.78. The number of hydrogen-bond donors (Lipinski definition) is 1. The first-order valence-corrected chi connectivity index (χ1v) is 10.5. The van der Waals surface area contributed by atoms with E-state index >= 15 is 0 Å². The Morgan fingerprint density at radius 3 is 2.61 bits per heavy atom. The van der Waals surface area contributed by atoms with Gasteiger partial charge in [-0.2, -0.15) is 0 Å². The topological polar surface area (TPSA) is 49.8 Å². The zero-order valence-electron chi connectivity index (χ0n) is 16.6. The lowest BCUT2D eigenvalue weighted by molar-refractivity contribution is -0.162. The summed E-state index contributed by atoms with van der Waals surface area (Å²) in [7, 11) is 0. The molecule has 3 aromatic rings. The van der Waals surface area contributed by atoms with Crippen molar-refractivity contribution >= 4 is 27.4 Å². The lowest BCUT2D eigenvalue weighted by Gasteiger charge is -2.27. The zero-order valence-corrected chi connectivity index (χ0v) is 17.5. The van der Waals surface area contributed by atoms with E-state index in [4.69, 9.17) is 4.74 Å². The summed E-state index contributed by atoms with van der Waals surface area (Å²) in [6.07, 6.45) is 0. The van der Waals surface area contributed by atoms with Gasteiger partial charge < -0.3 is 14.7 Å². The van der Waals surface area contributed by atoms with Crippen LogP contribution >= 0.6 is 11.3 Å². The van der Waals surface area contributed by atoms with Crippen LogP contribution in [0.15, 0.2) is 53.9 Å². The predicted molar refractivity (Wildman–Crippen MR) is 115 cm³/mol. The molecule has 1 atom stereocenters. The van der Waals surface area contributed by atoms with Crippen LogP contribution in [0.4, 0.5) is 0 Å². The molecule has 0 saturated heterocycles. The molecule has 0 aliphatic heterocycles. The van der Waals surface area contributed by atoms with Crippen molar-refractivity contribution < 1.29 is 14.6 Å². The average Bonchev–Trinajstić information content (AvgIpc) is 3.15. The molecule has 0 unspecified atom stereocenters. The zero-order chi connectivity index (χ0) is 20.1. The van der Waals surface area contributed by atoms with Crippen molar-refractivity contribution in [3.05, 3.63) is 70.6 Å². The molecule has 0 radical (unpaired) electrons. The first kappa shape index (κ1) is 20.5. The minimum atomic E-state index is -1.84. The van der Waals surface area contributed by atoms with Gasteiger partial charge in [0.1, 0.15) is 6.61 Å². The molecule has 0 fully saturated rings. The number of fused-ring (bicyclic) bond motifs is 1. The number of benzene rings is 2. The second-order valence-corrected chi connectivity index (χ2v) is 7.80. The number of aliphatic hydroxyl groups is 1. The average molecular weight is 398 g/mol. The molecule has 2 aromatic carbocycles. The minimum Gasteiger partial charge on any atom is -0.462 e. The van der Waals surface area contributed by atoms with Crippen LogP contribution in [0.3, 0.4) is 0 Å². The molecule has 1 N–H and O–H groups in total. The van der Waals surface area contributed by atoms with Crippen LogP contribution in [-0.4, -0.2) is 42.2 Å². The SMILES string of the molecule is CCN(CC)CCOC(=O)[C@@](O)(c1cccc(C)c1)c1csc2ccccc12. The molecule has 28 heavy (non-hydrogen) atoms. The number of hydrogen-bond acceptors (Lipinski definition) is 5. The lowest BCUT2D eigenvalue weighted by Crippen LogP contribution is -2.40. The van der Waals surface area contributed by atoms with Gasteiger partial charge in [-0.15, -0.1) is 11.3 Å². The van der Waals surface area contributed by atoms with Gasteiger partial charge in [0.2, 0.25) is 5.60 Å². The molecule has 4 nitrogen and oxygen atoms in total. The molecule has 0 amide bonds. The number of aryl methyl sites for hydroxylation is 1. The van der Waals surface area contributed by atoms with Gasteiger partial charge in [0.25, 0.3) is 0 Å². The Labute approximate surface area is 170 Å². The highest BCUT2D eigenvalue weighted by atomic mass is 32.1. The summed E-state index contributed by atoms with van der Waals surface area (Å²) in [4.78, 5) is 15.4. The van der Waals surface area contributed by atoms with E-state index in [0.29, 0.717) is 17.7 Å². The van der Waals surface area contributed by atoms with E-state index in [1.165, 1.54) is 11.3 Å². The van der Waals surface area contributed by atoms with Crippen LogP contribution in [0.2, 0.25) is 0 Å². The molecule has 1 aromatic heterocycles. The van der Waals surface area contributed by atoms with E-state index < -0.39 is 11.6 Å². The highest BCUT2D eigenvalue weighted by Gasteiger charge is 2.43. The van der Waals surface area contributed by atoms with Gasteiger partial charge in [-0.3, -0.25) is 0 Å². The number of carbonyl (C=O) groups is 1. The summed E-state index contributed by atoms with van der Waals surface area (Å²) in [5.41, 5.74) is 0.247. The van der Waals surface area contributed by atoms with Gasteiger partial charge in [0.05, 0.1) is 0 Å². The van der Waals surface area contributed by atoms with E-state index in [1.807, 2.05) is 54.8 Å². The Balaban J connectivity index is 1.99. The predicted octanol–water partition coefficient (Wildman–Crippen LogP) is 4.33. The van der Waals surface area contributed by atoms with E-state index in [9.17, 15) is 9.90 Å². The highest BCUT2D eigenvalue weighted by Crippen LogP contribution is 2.39. The van der Waals surface area contributed by atoms with Crippen LogP contribution in [0.25, 0.3) is 10.1 Å². The molecule has 5 heteroatoms. The minimum absolute atomic E-state index is 0.247. The van der Waals surface area contributed by atoms with Crippen LogP contribution < -0.4 is 0 Å². The Bertz CT molecular complexity index is 948. The molecule has 0 spiro atoms. The maximum atomic E-state index is 13.2. The van der Waals surface area contributed by atoms with Gasteiger partial charge in [-0.1, -0.05) is 61.9 Å². The molecule has 0 saturated carbocycles. The molecule has 0 aliphatic rings. The van der Waals surface area contributed by atoms with Crippen molar-refractivity contribution in [1.82, 2.24) is 4.90 Å². The van der Waals surface area contributed by atoms with Crippen LogP contribution in [0.1, 0.15) is 30.5 Å². The van der Waals surface area contributed by atoms with Crippen molar-refractivity contribution in [2.24, 2.45) is 0 Å². The fourth-order valence-corrected chi connectivity index (χ4v) is 4.43. The third kappa shape index (κ3) is 3.97. The second-order valence-electron chi connectivity index (χ2n) is 6.89. The normalized spacial score (nSPS) is 13.6. The Morgan fingerprint density at radius 2 is 1.89 bits per heavy atom. The van der Waals surface area contributed by atoms with Gasteiger partial charge in [-0.05, 0) is 42.4 Å². The maximum absolute atomic E-state index is 13.2. The quantitative estimate of drug-likeness (QED) is 0.575. The van der Waals surface area contributed by atoms with E-state index in [-0.39, 0.29) is 6.61 Å².